The van der Waals surface area contributed by atoms with E-state index in [9.17, 15) is 14.9 Å². The van der Waals surface area contributed by atoms with Gasteiger partial charge < -0.3 is 4.42 Å². The van der Waals surface area contributed by atoms with E-state index in [1.165, 1.54) is 30.0 Å². The van der Waals surface area contributed by atoms with Crippen LogP contribution in [-0.4, -0.2) is 20.7 Å². The Labute approximate surface area is 104 Å². The second-order valence-electron chi connectivity index (χ2n) is 2.93. The van der Waals surface area contributed by atoms with Crippen LogP contribution in [0.1, 0.15) is 5.76 Å². The topological polar surface area (TPSA) is 85.7 Å². The van der Waals surface area contributed by atoms with E-state index in [4.69, 9.17) is 4.42 Å². The van der Waals surface area contributed by atoms with E-state index in [1.54, 1.807) is 0 Å². The molecule has 0 amide bonds. The van der Waals surface area contributed by atoms with Crippen molar-refractivity contribution in [1.82, 2.24) is 0 Å². The molecule has 0 unspecified atom stereocenters. The lowest BCUT2D eigenvalue weighted by molar-refractivity contribution is -0.402. The molecule has 1 aromatic heterocycles. The summed E-state index contributed by atoms with van der Waals surface area (Å²) < 4.78 is 5.57. The fraction of sp³-hybridized carbons (Fsp3) is 0.111. The van der Waals surface area contributed by atoms with Crippen LogP contribution < -0.4 is 0 Å². The number of nitrogens with zero attached hydrogens (tertiary/aromatic N) is 2. The van der Waals surface area contributed by atoms with Crippen molar-refractivity contribution in [3.05, 3.63) is 33.7 Å². The van der Waals surface area contributed by atoms with Gasteiger partial charge in [-0.05, 0) is 24.1 Å². The molecule has 1 aromatic rings. The summed E-state index contributed by atoms with van der Waals surface area (Å²) >= 11 is 2.41. The van der Waals surface area contributed by atoms with Crippen molar-refractivity contribution < 1.29 is 14.1 Å². The monoisotopic (exact) mass is 270 g/mol. The fourth-order valence-corrected chi connectivity index (χ4v) is 2.39. The molecule has 0 saturated carbocycles. The van der Waals surface area contributed by atoms with Crippen LogP contribution in [0.4, 0.5) is 5.88 Å². The average molecular weight is 270 g/mol. The molecule has 6 nitrogen and oxygen atoms in total. The molecule has 2 rings (SSSR count). The van der Waals surface area contributed by atoms with Crippen LogP contribution in [0.3, 0.4) is 0 Å². The maximum absolute atomic E-state index is 11.5. The minimum absolute atomic E-state index is 0.187. The second kappa shape index (κ2) is 4.76. The van der Waals surface area contributed by atoms with Crippen LogP contribution in [0.5, 0.6) is 0 Å². The maximum atomic E-state index is 11.5. The molecule has 1 aliphatic heterocycles. The van der Waals surface area contributed by atoms with Crippen molar-refractivity contribution in [1.29, 1.82) is 0 Å². The highest BCUT2D eigenvalue weighted by Crippen LogP contribution is 2.30. The van der Waals surface area contributed by atoms with E-state index < -0.39 is 4.92 Å². The summed E-state index contributed by atoms with van der Waals surface area (Å²) in [4.78, 5) is 25.3. The van der Waals surface area contributed by atoms with Crippen LogP contribution in [0.25, 0.3) is 6.08 Å². The van der Waals surface area contributed by atoms with E-state index in [0.29, 0.717) is 4.38 Å². The molecule has 0 bridgehead atoms. The molecule has 1 aliphatic rings. The molecular weight excluding hydrogens is 264 g/mol. The summed E-state index contributed by atoms with van der Waals surface area (Å²) in [5.74, 6) is -0.115. The first-order chi connectivity index (χ1) is 8.10. The molecule has 0 aliphatic carbocycles. The number of hydrogen-bond acceptors (Lipinski definition) is 7. The molecule has 88 valence electrons. The third kappa shape index (κ3) is 2.59. The van der Waals surface area contributed by atoms with Gasteiger partial charge in [0.25, 0.3) is 0 Å². The van der Waals surface area contributed by atoms with Gasteiger partial charge >= 0.3 is 5.88 Å². The van der Waals surface area contributed by atoms with Gasteiger partial charge in [-0.25, -0.2) is 4.99 Å². The molecule has 0 fully saturated rings. The van der Waals surface area contributed by atoms with Gasteiger partial charge in [0, 0.05) is 6.08 Å². The lowest BCUT2D eigenvalue weighted by Gasteiger charge is -1.87. The van der Waals surface area contributed by atoms with E-state index in [2.05, 4.69) is 4.99 Å². The normalized spacial score (nSPS) is 17.6. The predicted molar refractivity (Wildman–Crippen MR) is 66.9 cm³/mol. The number of aliphatic imine (C=N–C) groups is 1. The molecule has 0 saturated heterocycles. The molecular formula is C9H6N2O4S2. The largest absolute Gasteiger partial charge is 0.433 e. The number of carbonyl (C=O) groups is 1. The van der Waals surface area contributed by atoms with Crippen LogP contribution in [0, 0.1) is 10.1 Å². The third-order valence-electron chi connectivity index (χ3n) is 1.85. The van der Waals surface area contributed by atoms with Gasteiger partial charge in [-0.3, -0.25) is 14.9 Å². The first-order valence-electron chi connectivity index (χ1n) is 4.41. The van der Waals surface area contributed by atoms with E-state index in [1.807, 2.05) is 6.26 Å². The molecule has 0 aromatic carbocycles. The highest BCUT2D eigenvalue weighted by Gasteiger charge is 2.22. The number of thioether (sulfide) groups is 2. The Morgan fingerprint density at radius 1 is 1.59 bits per heavy atom. The van der Waals surface area contributed by atoms with Crippen molar-refractivity contribution in [2.45, 2.75) is 0 Å². The maximum Gasteiger partial charge on any atom is 0.433 e. The van der Waals surface area contributed by atoms with Gasteiger partial charge in [0.05, 0.1) is 6.07 Å². The molecule has 0 radical (unpaired) electrons. The number of carbonyl (C=O) groups excluding carboxylic acids is 1. The summed E-state index contributed by atoms with van der Waals surface area (Å²) in [5, 5.41) is 10.2. The Kier molecular flexibility index (Phi) is 3.34. The molecule has 0 spiro atoms. The van der Waals surface area contributed by atoms with Gasteiger partial charge in [0.2, 0.25) is 5.12 Å². The molecule has 2 heterocycles. The smallest absolute Gasteiger partial charge is 0.401 e. The Morgan fingerprint density at radius 3 is 2.88 bits per heavy atom. The van der Waals surface area contributed by atoms with Gasteiger partial charge in [-0.2, -0.15) is 0 Å². The Bertz CT molecular complexity index is 547. The average Bonchev–Trinajstić information content (AvgIpc) is 2.87. The number of rotatable bonds is 2. The Hall–Kier alpha value is -1.54. The molecule has 8 heteroatoms. The molecule has 0 N–H and O–H groups in total. The zero-order chi connectivity index (χ0) is 12.4. The number of furan rings is 1. The number of hydrogen-bond donors (Lipinski definition) is 0. The van der Waals surface area contributed by atoms with E-state index in [0.717, 1.165) is 11.8 Å². The molecule has 17 heavy (non-hydrogen) atoms. The van der Waals surface area contributed by atoms with Crippen LogP contribution >= 0.6 is 23.5 Å². The summed E-state index contributed by atoms with van der Waals surface area (Å²) in [5.41, 5.74) is 0.239. The summed E-state index contributed by atoms with van der Waals surface area (Å²) in [6, 6.07) is 2.66. The predicted octanol–water partition coefficient (Wildman–Crippen LogP) is 2.52. The van der Waals surface area contributed by atoms with Crippen molar-refractivity contribution in [3.8, 4) is 0 Å². The zero-order valence-corrected chi connectivity index (χ0v) is 10.2. The van der Waals surface area contributed by atoms with Crippen molar-refractivity contribution in [3.63, 3.8) is 0 Å². The highest BCUT2D eigenvalue weighted by molar-refractivity contribution is 8.45. The van der Waals surface area contributed by atoms with Crippen LogP contribution in [0.15, 0.2) is 27.2 Å². The minimum Gasteiger partial charge on any atom is -0.401 e. The van der Waals surface area contributed by atoms with Gasteiger partial charge in [-0.1, -0.05) is 0 Å². The SMILES string of the molecule is CSC1=NC(=Cc2ccc([N+](=O)[O-])o2)C(=O)S1. The van der Waals surface area contributed by atoms with Crippen LogP contribution in [0.2, 0.25) is 0 Å². The van der Waals surface area contributed by atoms with Crippen LogP contribution in [-0.2, 0) is 4.79 Å². The summed E-state index contributed by atoms with van der Waals surface area (Å²) in [6.45, 7) is 0. The molecule has 0 atom stereocenters. The Balaban J connectivity index is 2.27. The lowest BCUT2D eigenvalue weighted by atomic mass is 10.3. The quantitative estimate of drug-likeness (QED) is 0.466. The lowest BCUT2D eigenvalue weighted by Crippen LogP contribution is -1.87. The third-order valence-corrected chi connectivity index (χ3v) is 3.70. The van der Waals surface area contributed by atoms with Crippen molar-refractivity contribution in [2.24, 2.45) is 4.99 Å². The standard InChI is InChI=1S/C9H6N2O4S2/c1-16-9-10-6(8(12)17-9)4-5-2-3-7(15-5)11(13)14/h2-4H,1H3. The van der Waals surface area contributed by atoms with Gasteiger partial charge in [0.15, 0.2) is 0 Å². The summed E-state index contributed by atoms with van der Waals surface area (Å²) in [6.07, 6.45) is 3.21. The van der Waals surface area contributed by atoms with E-state index >= 15 is 0 Å². The van der Waals surface area contributed by atoms with Gasteiger partial charge in [-0.15, -0.1) is 11.8 Å². The van der Waals surface area contributed by atoms with E-state index in [-0.39, 0.29) is 22.5 Å². The number of nitro groups is 1. The Morgan fingerprint density at radius 2 is 2.35 bits per heavy atom. The highest BCUT2D eigenvalue weighted by atomic mass is 32.2. The summed E-state index contributed by atoms with van der Waals surface area (Å²) in [7, 11) is 0. The van der Waals surface area contributed by atoms with Crippen molar-refractivity contribution in [2.75, 3.05) is 6.26 Å². The van der Waals surface area contributed by atoms with Crippen molar-refractivity contribution >= 4 is 45.0 Å². The fourth-order valence-electron chi connectivity index (χ4n) is 1.13. The minimum atomic E-state index is -0.635. The second-order valence-corrected chi connectivity index (χ2v) is 4.95. The van der Waals surface area contributed by atoms with Gasteiger partial charge in [0.1, 0.15) is 20.8 Å². The zero-order valence-electron chi connectivity index (χ0n) is 8.58. The first kappa shape index (κ1) is 11.9. The first-order valence-corrected chi connectivity index (χ1v) is 6.45.